The van der Waals surface area contributed by atoms with Crippen molar-refractivity contribution in [2.75, 3.05) is 31.6 Å². The Bertz CT molecular complexity index is 1290. The SMILES string of the molecule is CCC(=O)N[C@@H](C(=O)N1CCOCC1)[C@@H](C)c1ccc(NC(=O)[C@@H](NC(=O)c2ccnn2CC)C2CCCCC2)c(F)c1. The average molecular weight is 599 g/mol. The Hall–Kier alpha value is -3.80. The van der Waals surface area contributed by atoms with E-state index in [2.05, 4.69) is 21.0 Å². The van der Waals surface area contributed by atoms with E-state index in [0.717, 1.165) is 32.1 Å². The summed E-state index contributed by atoms with van der Waals surface area (Å²) < 4.78 is 22.4. The number of nitrogens with one attached hydrogen (secondary N) is 3. The van der Waals surface area contributed by atoms with Crippen molar-refractivity contribution in [2.24, 2.45) is 5.92 Å². The van der Waals surface area contributed by atoms with E-state index >= 15 is 4.39 Å². The number of nitrogens with zero attached hydrogens (tertiary/aromatic N) is 3. The molecular formula is C31H43FN6O5. The second-order valence-electron chi connectivity index (χ2n) is 11.2. The van der Waals surface area contributed by atoms with Crippen molar-refractivity contribution in [3.8, 4) is 0 Å². The molecule has 2 heterocycles. The van der Waals surface area contributed by atoms with E-state index < -0.39 is 35.6 Å². The van der Waals surface area contributed by atoms with E-state index in [1.54, 1.807) is 41.8 Å². The van der Waals surface area contributed by atoms with Crippen molar-refractivity contribution in [3.05, 3.63) is 47.5 Å². The van der Waals surface area contributed by atoms with Gasteiger partial charge in [0, 0.05) is 38.2 Å². The van der Waals surface area contributed by atoms with Crippen LogP contribution in [0.3, 0.4) is 0 Å². The van der Waals surface area contributed by atoms with Crippen LogP contribution in [0.5, 0.6) is 0 Å². The molecule has 0 unspecified atom stereocenters. The number of morpholine rings is 1. The summed E-state index contributed by atoms with van der Waals surface area (Å²) in [6.07, 6.45) is 6.30. The molecule has 11 nitrogen and oxygen atoms in total. The fourth-order valence-corrected chi connectivity index (χ4v) is 5.83. The molecule has 0 bridgehead atoms. The molecular weight excluding hydrogens is 555 g/mol. The van der Waals surface area contributed by atoms with Gasteiger partial charge in [0.2, 0.25) is 17.7 Å². The third-order valence-electron chi connectivity index (χ3n) is 8.44. The fraction of sp³-hybridized carbons (Fsp3) is 0.581. The Labute approximate surface area is 251 Å². The predicted molar refractivity (Wildman–Crippen MR) is 159 cm³/mol. The lowest BCUT2D eigenvalue weighted by molar-refractivity contribution is -0.140. The first-order chi connectivity index (χ1) is 20.7. The van der Waals surface area contributed by atoms with Crippen LogP contribution in [0.25, 0.3) is 0 Å². The fourth-order valence-electron chi connectivity index (χ4n) is 5.83. The maximum Gasteiger partial charge on any atom is 0.270 e. The monoisotopic (exact) mass is 598 g/mol. The highest BCUT2D eigenvalue weighted by atomic mass is 19.1. The molecule has 1 aliphatic carbocycles. The van der Waals surface area contributed by atoms with Crippen LogP contribution in [0.4, 0.5) is 10.1 Å². The summed E-state index contributed by atoms with van der Waals surface area (Å²) in [4.78, 5) is 54.0. The van der Waals surface area contributed by atoms with Crippen LogP contribution in [-0.4, -0.2) is 76.7 Å². The molecule has 1 aliphatic heterocycles. The largest absolute Gasteiger partial charge is 0.378 e. The van der Waals surface area contributed by atoms with E-state index in [9.17, 15) is 19.2 Å². The van der Waals surface area contributed by atoms with Crippen molar-refractivity contribution >= 4 is 29.3 Å². The van der Waals surface area contributed by atoms with Crippen molar-refractivity contribution in [3.63, 3.8) is 0 Å². The van der Waals surface area contributed by atoms with Gasteiger partial charge in [0.15, 0.2) is 0 Å². The molecule has 4 rings (SSSR count). The topological polar surface area (TPSA) is 135 Å². The second-order valence-corrected chi connectivity index (χ2v) is 11.2. The number of amides is 4. The molecule has 1 saturated heterocycles. The molecule has 1 aromatic carbocycles. The van der Waals surface area contributed by atoms with Crippen LogP contribution in [0.1, 0.15) is 81.3 Å². The van der Waals surface area contributed by atoms with Gasteiger partial charge in [-0.15, -0.1) is 0 Å². The molecule has 2 fully saturated rings. The van der Waals surface area contributed by atoms with Gasteiger partial charge < -0.3 is 25.6 Å². The summed E-state index contributed by atoms with van der Waals surface area (Å²) in [6.45, 7) is 7.53. The van der Waals surface area contributed by atoms with E-state index in [4.69, 9.17) is 4.74 Å². The first-order valence-corrected chi connectivity index (χ1v) is 15.3. The quantitative estimate of drug-likeness (QED) is 0.364. The number of ether oxygens (including phenoxy) is 1. The minimum atomic E-state index is -0.882. The number of anilines is 1. The van der Waals surface area contributed by atoms with Gasteiger partial charge >= 0.3 is 0 Å². The zero-order chi connectivity index (χ0) is 30.9. The van der Waals surface area contributed by atoms with Gasteiger partial charge in [-0.25, -0.2) is 4.39 Å². The van der Waals surface area contributed by atoms with Gasteiger partial charge in [-0.1, -0.05) is 39.2 Å². The maximum atomic E-state index is 15.5. The van der Waals surface area contributed by atoms with Gasteiger partial charge in [0.05, 0.1) is 18.9 Å². The highest BCUT2D eigenvalue weighted by Gasteiger charge is 2.34. The first kappa shape index (κ1) is 32.1. The van der Waals surface area contributed by atoms with Gasteiger partial charge in [-0.05, 0) is 49.4 Å². The third kappa shape index (κ3) is 7.98. The highest BCUT2D eigenvalue weighted by molar-refractivity contribution is 6.00. The van der Waals surface area contributed by atoms with Crippen LogP contribution in [0.15, 0.2) is 30.5 Å². The number of aryl methyl sites for hydroxylation is 1. The number of rotatable bonds is 11. The first-order valence-electron chi connectivity index (χ1n) is 15.3. The van der Waals surface area contributed by atoms with Gasteiger partial charge in [-0.2, -0.15) is 5.10 Å². The van der Waals surface area contributed by atoms with Crippen LogP contribution in [0.2, 0.25) is 0 Å². The standard InChI is InChI=1S/C31H43FN6O5/c1-4-26(39)35-27(31(42)37-15-17-43-18-16-37)20(3)22-11-12-24(23(32)19-22)34-30(41)28(21-9-7-6-8-10-21)36-29(40)25-13-14-33-38(25)5-2/h11-14,19-21,27-28H,4-10,15-18H2,1-3H3,(H,34,41)(H,35,39)(H,36,40)/t20-,27+,28-/m0/s1. The number of halogens is 1. The Morgan fingerprint density at radius 3 is 2.42 bits per heavy atom. The molecule has 3 atom stereocenters. The van der Waals surface area contributed by atoms with Crippen molar-refractivity contribution in [1.29, 1.82) is 0 Å². The summed E-state index contributed by atoms with van der Waals surface area (Å²) >= 11 is 0. The molecule has 1 aromatic heterocycles. The highest BCUT2D eigenvalue weighted by Crippen LogP contribution is 2.29. The summed E-state index contributed by atoms with van der Waals surface area (Å²) in [5.74, 6) is -2.70. The van der Waals surface area contributed by atoms with E-state index in [0.29, 0.717) is 44.1 Å². The zero-order valence-electron chi connectivity index (χ0n) is 25.2. The van der Waals surface area contributed by atoms with E-state index in [1.165, 1.54) is 12.1 Å². The number of aromatic nitrogens is 2. The molecule has 0 radical (unpaired) electrons. The Balaban J connectivity index is 1.51. The maximum absolute atomic E-state index is 15.5. The van der Waals surface area contributed by atoms with Crippen molar-refractivity contribution in [2.45, 2.75) is 83.8 Å². The zero-order valence-corrected chi connectivity index (χ0v) is 25.2. The lowest BCUT2D eigenvalue weighted by Crippen LogP contribution is -2.53. The minimum Gasteiger partial charge on any atom is -0.378 e. The van der Waals surface area contributed by atoms with E-state index in [-0.39, 0.29) is 29.8 Å². The normalized spacial score (nSPS) is 17.9. The lowest BCUT2D eigenvalue weighted by Gasteiger charge is -2.33. The van der Waals surface area contributed by atoms with E-state index in [1.807, 2.05) is 6.92 Å². The predicted octanol–water partition coefficient (Wildman–Crippen LogP) is 3.22. The molecule has 12 heteroatoms. The van der Waals surface area contributed by atoms with Crippen LogP contribution < -0.4 is 16.0 Å². The Morgan fingerprint density at radius 1 is 1.05 bits per heavy atom. The molecule has 234 valence electrons. The number of hydrogen-bond acceptors (Lipinski definition) is 6. The van der Waals surface area contributed by atoms with Gasteiger partial charge in [-0.3, -0.25) is 23.9 Å². The number of hydrogen-bond donors (Lipinski definition) is 3. The number of carbonyl (C=O) groups excluding carboxylic acids is 4. The molecule has 2 aromatic rings. The van der Waals surface area contributed by atoms with Gasteiger partial charge in [0.1, 0.15) is 23.6 Å². The summed E-state index contributed by atoms with van der Waals surface area (Å²) in [5.41, 5.74) is 0.837. The van der Waals surface area contributed by atoms with Gasteiger partial charge in [0.25, 0.3) is 5.91 Å². The summed E-state index contributed by atoms with van der Waals surface area (Å²) in [5, 5.41) is 12.5. The lowest BCUT2D eigenvalue weighted by atomic mass is 9.83. The molecule has 2 aliphatic rings. The Morgan fingerprint density at radius 2 is 1.77 bits per heavy atom. The molecule has 43 heavy (non-hydrogen) atoms. The number of carbonyl (C=O) groups is 4. The Kier molecular flexibility index (Phi) is 11.3. The number of benzene rings is 1. The van der Waals surface area contributed by atoms with Crippen molar-refractivity contribution < 1.29 is 28.3 Å². The van der Waals surface area contributed by atoms with Crippen LogP contribution in [-0.2, 0) is 25.7 Å². The average Bonchev–Trinajstić information content (AvgIpc) is 3.52. The van der Waals surface area contributed by atoms with Crippen molar-refractivity contribution in [1.82, 2.24) is 25.3 Å². The van der Waals surface area contributed by atoms with Crippen LogP contribution >= 0.6 is 0 Å². The third-order valence-corrected chi connectivity index (χ3v) is 8.44. The smallest absolute Gasteiger partial charge is 0.270 e. The summed E-state index contributed by atoms with van der Waals surface area (Å²) in [7, 11) is 0. The second kappa shape index (κ2) is 15.1. The molecule has 0 spiro atoms. The minimum absolute atomic E-state index is 0.0248. The molecule has 4 amide bonds. The molecule has 3 N–H and O–H groups in total. The van der Waals surface area contributed by atoms with Crippen LogP contribution in [0, 0.1) is 11.7 Å². The summed E-state index contributed by atoms with van der Waals surface area (Å²) in [6, 6.07) is 4.27. The molecule has 1 saturated carbocycles.